The van der Waals surface area contributed by atoms with Crippen LogP contribution in [0, 0.1) is 6.92 Å². The van der Waals surface area contributed by atoms with Gasteiger partial charge in [0, 0.05) is 0 Å². The van der Waals surface area contributed by atoms with E-state index in [0.717, 1.165) is 10.6 Å². The van der Waals surface area contributed by atoms with E-state index in [1.807, 2.05) is 13.0 Å². The minimum Gasteiger partial charge on any atom is -0.366 e. The number of aryl methyl sites for hydroxylation is 1. The highest BCUT2D eigenvalue weighted by Crippen LogP contribution is 2.24. The van der Waals surface area contributed by atoms with Crippen molar-refractivity contribution in [3.8, 4) is 10.6 Å². The van der Waals surface area contributed by atoms with Gasteiger partial charge in [0.25, 0.3) is 0 Å². The Bertz CT molecular complexity index is 424. The highest BCUT2D eigenvalue weighted by atomic mass is 32.1. The van der Waals surface area contributed by atoms with Crippen molar-refractivity contribution in [3.05, 3.63) is 23.2 Å². The van der Waals surface area contributed by atoms with E-state index in [1.165, 1.54) is 5.56 Å². The third-order valence-electron chi connectivity index (χ3n) is 1.56. The van der Waals surface area contributed by atoms with Crippen LogP contribution < -0.4 is 5.73 Å². The van der Waals surface area contributed by atoms with Gasteiger partial charge in [-0.15, -0.1) is 16.4 Å². The lowest BCUT2D eigenvalue weighted by molar-refractivity contribution is 0.992. The van der Waals surface area contributed by atoms with Gasteiger partial charge in [0.1, 0.15) is 5.69 Å². The van der Waals surface area contributed by atoms with Gasteiger partial charge in [-0.05, 0) is 23.9 Å². The molecular weight excluding hydrogens is 184 g/mol. The van der Waals surface area contributed by atoms with E-state index in [0.29, 0.717) is 0 Å². The Balaban J connectivity index is 2.46. The number of anilines is 1. The molecule has 0 fully saturated rings. The third-order valence-corrected chi connectivity index (χ3v) is 2.63. The first kappa shape index (κ1) is 8.12. The van der Waals surface area contributed by atoms with Crippen molar-refractivity contribution in [1.82, 2.24) is 15.2 Å². The zero-order valence-electron chi connectivity index (χ0n) is 7.06. The van der Waals surface area contributed by atoms with Gasteiger partial charge in [-0.1, -0.05) is 0 Å². The molecule has 0 radical (unpaired) electrons. The Kier molecular flexibility index (Phi) is 1.94. The monoisotopic (exact) mass is 192 g/mol. The van der Waals surface area contributed by atoms with Gasteiger partial charge in [-0.25, -0.2) is 4.98 Å². The lowest BCUT2D eigenvalue weighted by Crippen LogP contribution is -1.97. The first-order valence-corrected chi connectivity index (χ1v) is 4.64. The van der Waals surface area contributed by atoms with Crippen LogP contribution in [0.25, 0.3) is 10.6 Å². The second kappa shape index (κ2) is 3.10. The Labute approximate surface area is 79.5 Å². The van der Waals surface area contributed by atoms with Gasteiger partial charge in [0.15, 0.2) is 0 Å². The van der Waals surface area contributed by atoms with Crippen LogP contribution in [0.4, 0.5) is 5.95 Å². The molecule has 0 bridgehead atoms. The van der Waals surface area contributed by atoms with Crippen LogP contribution in [0.3, 0.4) is 0 Å². The molecule has 4 nitrogen and oxygen atoms in total. The number of nitrogens with zero attached hydrogens (tertiary/aromatic N) is 3. The minimum atomic E-state index is 0.212. The van der Waals surface area contributed by atoms with Gasteiger partial charge in [0.2, 0.25) is 5.95 Å². The third kappa shape index (κ3) is 1.65. The van der Waals surface area contributed by atoms with Gasteiger partial charge in [-0.2, -0.15) is 5.10 Å². The summed E-state index contributed by atoms with van der Waals surface area (Å²) in [5, 5.41) is 9.40. The highest BCUT2D eigenvalue weighted by molar-refractivity contribution is 7.13. The lowest BCUT2D eigenvalue weighted by Gasteiger charge is -1.94. The first-order chi connectivity index (χ1) is 6.25. The summed E-state index contributed by atoms with van der Waals surface area (Å²) >= 11 is 1.63. The van der Waals surface area contributed by atoms with Crippen LogP contribution in [0.5, 0.6) is 0 Å². The van der Waals surface area contributed by atoms with Crippen molar-refractivity contribution in [2.75, 3.05) is 5.73 Å². The van der Waals surface area contributed by atoms with Crippen molar-refractivity contribution in [2.24, 2.45) is 0 Å². The molecule has 0 unspecified atom stereocenters. The summed E-state index contributed by atoms with van der Waals surface area (Å²) in [5.74, 6) is 0.212. The molecule has 2 aromatic rings. The van der Waals surface area contributed by atoms with Crippen LogP contribution in [-0.4, -0.2) is 15.2 Å². The SMILES string of the molecule is Cc1csc(-c2cnnc(N)n2)c1. The van der Waals surface area contributed by atoms with Gasteiger partial charge in [-0.3, -0.25) is 0 Å². The standard InChI is InChI=1S/C8H8N4S/c1-5-2-7(13-4-5)6-3-10-12-8(9)11-6/h2-4H,1H3,(H2,9,11,12). The topological polar surface area (TPSA) is 64.7 Å². The zero-order valence-corrected chi connectivity index (χ0v) is 7.88. The molecular formula is C8H8N4S. The van der Waals surface area contributed by atoms with Crippen LogP contribution >= 0.6 is 11.3 Å². The maximum Gasteiger partial charge on any atom is 0.240 e. The highest BCUT2D eigenvalue weighted by Gasteiger charge is 2.02. The minimum absolute atomic E-state index is 0.212. The van der Waals surface area contributed by atoms with Crippen molar-refractivity contribution in [2.45, 2.75) is 6.92 Å². The smallest absolute Gasteiger partial charge is 0.240 e. The number of hydrogen-bond donors (Lipinski definition) is 1. The summed E-state index contributed by atoms with van der Waals surface area (Å²) < 4.78 is 0. The zero-order chi connectivity index (χ0) is 9.26. The van der Waals surface area contributed by atoms with Crippen molar-refractivity contribution in [1.29, 1.82) is 0 Å². The molecule has 0 aromatic carbocycles. The largest absolute Gasteiger partial charge is 0.366 e. The number of aromatic nitrogens is 3. The molecule has 0 aliphatic rings. The molecule has 0 spiro atoms. The van der Waals surface area contributed by atoms with E-state index < -0.39 is 0 Å². The molecule has 2 heterocycles. The number of hydrogen-bond acceptors (Lipinski definition) is 5. The Hall–Kier alpha value is -1.49. The first-order valence-electron chi connectivity index (χ1n) is 3.76. The molecule has 13 heavy (non-hydrogen) atoms. The molecule has 0 amide bonds. The Morgan fingerprint density at radius 3 is 2.92 bits per heavy atom. The predicted molar refractivity (Wildman–Crippen MR) is 52.3 cm³/mol. The quantitative estimate of drug-likeness (QED) is 0.743. The predicted octanol–water partition coefficient (Wildman–Crippen LogP) is 1.49. The molecule has 0 saturated heterocycles. The second-order valence-electron chi connectivity index (χ2n) is 2.69. The van der Waals surface area contributed by atoms with Crippen LogP contribution in [0.15, 0.2) is 17.6 Å². The van der Waals surface area contributed by atoms with E-state index in [1.54, 1.807) is 17.5 Å². The molecule has 2 rings (SSSR count). The molecule has 0 aliphatic carbocycles. The van der Waals surface area contributed by atoms with E-state index >= 15 is 0 Å². The summed E-state index contributed by atoms with van der Waals surface area (Å²) in [6.07, 6.45) is 1.61. The maximum atomic E-state index is 5.42. The number of thiophene rings is 1. The molecule has 66 valence electrons. The molecule has 0 saturated carbocycles. The summed E-state index contributed by atoms with van der Waals surface area (Å²) in [4.78, 5) is 5.14. The summed E-state index contributed by atoms with van der Waals surface area (Å²) in [6.45, 7) is 2.04. The molecule has 2 aromatic heterocycles. The van der Waals surface area contributed by atoms with E-state index in [2.05, 4.69) is 20.6 Å². The van der Waals surface area contributed by atoms with Crippen molar-refractivity contribution in [3.63, 3.8) is 0 Å². The molecule has 2 N–H and O–H groups in total. The number of nitrogens with two attached hydrogens (primary N) is 1. The fourth-order valence-corrected chi connectivity index (χ4v) is 1.86. The molecule has 0 atom stereocenters. The normalized spacial score (nSPS) is 10.2. The Morgan fingerprint density at radius 1 is 1.46 bits per heavy atom. The average Bonchev–Trinajstić information content (AvgIpc) is 2.52. The van der Waals surface area contributed by atoms with Crippen LogP contribution in [-0.2, 0) is 0 Å². The van der Waals surface area contributed by atoms with E-state index in [-0.39, 0.29) is 5.95 Å². The fourth-order valence-electron chi connectivity index (χ4n) is 1.00. The molecule has 5 heteroatoms. The van der Waals surface area contributed by atoms with Crippen molar-refractivity contribution >= 4 is 17.3 Å². The van der Waals surface area contributed by atoms with Crippen molar-refractivity contribution < 1.29 is 0 Å². The average molecular weight is 192 g/mol. The van der Waals surface area contributed by atoms with E-state index in [9.17, 15) is 0 Å². The summed E-state index contributed by atoms with van der Waals surface area (Å²) in [7, 11) is 0. The summed E-state index contributed by atoms with van der Waals surface area (Å²) in [5.41, 5.74) is 7.43. The summed E-state index contributed by atoms with van der Waals surface area (Å²) in [6, 6.07) is 2.05. The number of rotatable bonds is 1. The fraction of sp³-hybridized carbons (Fsp3) is 0.125. The van der Waals surface area contributed by atoms with Crippen LogP contribution in [0.1, 0.15) is 5.56 Å². The molecule has 0 aliphatic heterocycles. The number of nitrogen functional groups attached to an aromatic ring is 1. The lowest BCUT2D eigenvalue weighted by atomic mass is 10.3. The van der Waals surface area contributed by atoms with Gasteiger partial charge >= 0.3 is 0 Å². The van der Waals surface area contributed by atoms with Gasteiger partial charge < -0.3 is 5.73 Å². The van der Waals surface area contributed by atoms with Gasteiger partial charge in [0.05, 0.1) is 11.1 Å². The van der Waals surface area contributed by atoms with Crippen LogP contribution in [0.2, 0.25) is 0 Å². The Morgan fingerprint density at radius 2 is 2.31 bits per heavy atom. The second-order valence-corrected chi connectivity index (χ2v) is 3.60. The van der Waals surface area contributed by atoms with E-state index in [4.69, 9.17) is 5.73 Å². The maximum absolute atomic E-state index is 5.42.